The van der Waals surface area contributed by atoms with E-state index in [1.54, 1.807) is 19.1 Å². The summed E-state index contributed by atoms with van der Waals surface area (Å²) < 4.78 is 36.6. The van der Waals surface area contributed by atoms with Crippen molar-refractivity contribution in [1.82, 2.24) is 20.2 Å². The van der Waals surface area contributed by atoms with Crippen molar-refractivity contribution in [2.45, 2.75) is 13.1 Å². The topological polar surface area (TPSA) is 52.8 Å². The van der Waals surface area contributed by atoms with Crippen LogP contribution >= 0.6 is 15.8 Å². The van der Waals surface area contributed by atoms with Gasteiger partial charge in [-0.15, -0.1) is 0 Å². The van der Waals surface area contributed by atoms with Crippen molar-refractivity contribution in [3.8, 4) is 11.5 Å². The number of benzene rings is 6. The van der Waals surface area contributed by atoms with Gasteiger partial charge in [0.2, 0.25) is 0 Å². The summed E-state index contributed by atoms with van der Waals surface area (Å²) in [6.07, 6.45) is -4.57. The molecule has 0 aliphatic carbocycles. The Balaban J connectivity index is 0.000000158. The average molecular weight is 817 g/mol. The smallest absolute Gasteiger partial charge is 0.413 e. The Morgan fingerprint density at radius 2 is 0.727 bits per heavy atom. The van der Waals surface area contributed by atoms with E-state index in [0.29, 0.717) is 5.69 Å². The zero-order valence-corrected chi connectivity index (χ0v) is 32.7. The van der Waals surface area contributed by atoms with E-state index in [1.807, 2.05) is 0 Å². The molecule has 55 heavy (non-hydrogen) atoms. The van der Waals surface area contributed by atoms with Crippen molar-refractivity contribution >= 4 is 47.7 Å². The van der Waals surface area contributed by atoms with Crippen LogP contribution in [0, 0.1) is 6.92 Å². The fraction of sp³-hybridized carbons (Fsp3) is 0.0444. The first-order valence-electron chi connectivity index (χ1n) is 17.3. The van der Waals surface area contributed by atoms with Crippen LogP contribution in [0.3, 0.4) is 0 Å². The molecule has 0 unspecified atom stereocenters. The van der Waals surface area contributed by atoms with Gasteiger partial charge in [-0.05, 0) is 97.7 Å². The Kier molecular flexibility index (Phi) is 15.2. The minimum absolute atomic E-state index is 0. The molecule has 278 valence electrons. The molecule has 8 rings (SSSR count). The Hall–Kier alpha value is -5.22. The molecule has 0 bridgehead atoms. The van der Waals surface area contributed by atoms with Crippen molar-refractivity contribution in [2.75, 3.05) is 0 Å². The molecule has 2 heterocycles. The molecule has 10 heteroatoms. The minimum Gasteiger partial charge on any atom is -0.413 e. The van der Waals surface area contributed by atoms with E-state index in [0.717, 1.165) is 0 Å². The van der Waals surface area contributed by atoms with E-state index in [4.69, 9.17) is 0 Å². The largest absolute Gasteiger partial charge is 1.00 e. The van der Waals surface area contributed by atoms with Crippen LogP contribution < -0.4 is 36.9 Å². The second kappa shape index (κ2) is 20.5. The summed E-state index contributed by atoms with van der Waals surface area (Å²) in [5, 5.41) is 14.9. The van der Waals surface area contributed by atoms with Gasteiger partial charge in [-0.25, -0.2) is 0 Å². The minimum atomic E-state index is -4.57. The van der Waals surface area contributed by atoms with E-state index in [9.17, 15) is 13.2 Å². The van der Waals surface area contributed by atoms with Crippen LogP contribution in [-0.2, 0) is 23.2 Å². The first-order chi connectivity index (χ1) is 26.4. The molecule has 0 aliphatic rings. The summed E-state index contributed by atoms with van der Waals surface area (Å²) in [5.41, 5.74) is 0.957. The van der Waals surface area contributed by atoms with Crippen LogP contribution in [0.15, 0.2) is 200 Å². The number of halogens is 3. The maximum absolute atomic E-state index is 12.2. The second-order valence-corrected chi connectivity index (χ2v) is 17.0. The molecule has 0 N–H and O–H groups in total. The van der Waals surface area contributed by atoms with Gasteiger partial charge in [-0.2, -0.15) is 13.2 Å². The third-order valence-corrected chi connectivity index (χ3v) is 13.7. The van der Waals surface area contributed by atoms with Crippen molar-refractivity contribution < 1.29 is 30.2 Å². The van der Waals surface area contributed by atoms with Crippen molar-refractivity contribution in [1.29, 1.82) is 0 Å². The molecule has 0 saturated heterocycles. The molecule has 0 spiro atoms. The van der Waals surface area contributed by atoms with Crippen LogP contribution in [-0.4, -0.2) is 15.1 Å². The summed E-state index contributed by atoms with van der Waals surface area (Å²) in [4.78, 5) is 7.29. The molecule has 4 nitrogen and oxygen atoms in total. The molecule has 0 aliphatic heterocycles. The zero-order valence-electron chi connectivity index (χ0n) is 29.8. The molecule has 8 aromatic rings. The Morgan fingerprint density at radius 1 is 0.418 bits per heavy atom. The fourth-order valence-corrected chi connectivity index (χ4v) is 10.9. The monoisotopic (exact) mass is 816 g/mol. The third-order valence-electron chi connectivity index (χ3n) is 8.20. The molecule has 0 atom stereocenters. The van der Waals surface area contributed by atoms with Gasteiger partial charge in [0.25, 0.3) is 0 Å². The van der Waals surface area contributed by atoms with Crippen LogP contribution in [0.25, 0.3) is 11.5 Å². The van der Waals surface area contributed by atoms with Crippen LogP contribution in [0.1, 0.15) is 11.5 Å². The maximum atomic E-state index is 12.2. The second-order valence-electron chi connectivity index (χ2n) is 12.1. The van der Waals surface area contributed by atoms with Crippen molar-refractivity contribution in [2.24, 2.45) is 0 Å². The number of aryl methyl sites for hydroxylation is 1. The Morgan fingerprint density at radius 3 is 0.982 bits per heavy atom. The predicted octanol–water partition coefficient (Wildman–Crippen LogP) is 8.17. The van der Waals surface area contributed by atoms with E-state index < -0.39 is 27.8 Å². The van der Waals surface area contributed by atoms with Gasteiger partial charge < -0.3 is 10.1 Å². The van der Waals surface area contributed by atoms with E-state index in [-0.39, 0.29) is 28.6 Å². The first-order valence-corrected chi connectivity index (χ1v) is 20.3. The molecule has 0 radical (unpaired) electrons. The number of alkyl halides is 3. The molecule has 0 amide bonds. The molecule has 2 aromatic heterocycles. The van der Waals surface area contributed by atoms with Gasteiger partial charge in [0.05, 0.1) is 21.5 Å². The van der Waals surface area contributed by atoms with E-state index >= 15 is 0 Å². The number of hydrogen-bond acceptors (Lipinski definition) is 3. The number of rotatable bonds is 7. The number of aromatic nitrogens is 4. The van der Waals surface area contributed by atoms with Crippen LogP contribution in [0.2, 0.25) is 0 Å². The molecular weight excluding hydrogens is 779 g/mol. The Labute approximate surface area is 333 Å². The quantitative estimate of drug-likeness (QED) is 0.120. The van der Waals surface area contributed by atoms with E-state index in [2.05, 4.69) is 202 Å². The number of hydrogen-bond donors (Lipinski definition) is 0. The SMILES string of the molecule is Cc1cccc(-c2nc(C(F)(F)F)n[n-]2)n1.[Cu+].c1ccc([PH+](c2ccccc2)c2ccccc2)cc1.c1ccc([PH+](c2ccccc2)c2ccccc2)cc1. The summed E-state index contributed by atoms with van der Waals surface area (Å²) in [6.45, 7) is 1.73. The normalized spacial score (nSPS) is 10.7. The van der Waals surface area contributed by atoms with Gasteiger partial charge >= 0.3 is 23.2 Å². The van der Waals surface area contributed by atoms with Crippen molar-refractivity contribution in [3.05, 3.63) is 212 Å². The van der Waals surface area contributed by atoms with Crippen LogP contribution in [0.5, 0.6) is 0 Å². The fourth-order valence-electron chi connectivity index (χ4n) is 5.76. The summed E-state index contributed by atoms with van der Waals surface area (Å²) in [6, 6.07) is 69.9. The third kappa shape index (κ3) is 11.6. The first kappa shape index (κ1) is 41.0. The molecule has 0 saturated carbocycles. The van der Waals surface area contributed by atoms with E-state index in [1.165, 1.54) is 37.9 Å². The van der Waals surface area contributed by atoms with Gasteiger partial charge in [0.1, 0.15) is 37.7 Å². The maximum Gasteiger partial charge on any atom is 1.00 e. The predicted molar refractivity (Wildman–Crippen MR) is 221 cm³/mol. The van der Waals surface area contributed by atoms with Gasteiger partial charge in [0, 0.05) is 5.69 Å². The number of pyridine rings is 1. The van der Waals surface area contributed by atoms with Crippen molar-refractivity contribution in [3.63, 3.8) is 0 Å². The van der Waals surface area contributed by atoms with Gasteiger partial charge in [0.15, 0.2) is 0 Å². The van der Waals surface area contributed by atoms with Gasteiger partial charge in [-0.3, -0.25) is 10.1 Å². The average Bonchev–Trinajstić information content (AvgIpc) is 3.73. The van der Waals surface area contributed by atoms with Crippen LogP contribution in [0.4, 0.5) is 13.2 Å². The summed E-state index contributed by atoms with van der Waals surface area (Å²) >= 11 is 0. The molecule has 0 fully saturated rings. The summed E-state index contributed by atoms with van der Waals surface area (Å²) in [7, 11) is -1.75. The molecular formula is C45H38CuF3N4P2+2. The summed E-state index contributed by atoms with van der Waals surface area (Å²) in [5.74, 6) is -1.36. The zero-order chi connectivity index (χ0) is 37.6. The number of nitrogens with zero attached hydrogens (tertiary/aromatic N) is 4. The standard InChI is InChI=1S/2C18H15P.C9H6F3N4.Cu/c2*1-4-10-16(11-5-1)19(17-12-6-2-7-13-17)18-14-8-3-9-15-18;1-5-3-2-4-6(13-5)7-14-8(16-15-7)9(10,11)12;/h2*1-15H;2-4H,1H3;/q;;-1;+1/p+2. The molecule has 6 aromatic carbocycles. The van der Waals surface area contributed by atoms with Gasteiger partial charge in [-0.1, -0.05) is 115 Å². The Bertz CT molecular complexity index is 1980.